The summed E-state index contributed by atoms with van der Waals surface area (Å²) in [6, 6.07) is 15.5. The van der Waals surface area contributed by atoms with Gasteiger partial charge in [0, 0.05) is 10.4 Å². The van der Waals surface area contributed by atoms with E-state index in [0.717, 1.165) is 16.0 Å². The third-order valence-electron chi connectivity index (χ3n) is 4.37. The van der Waals surface area contributed by atoms with Crippen LogP contribution in [0.4, 0.5) is 0 Å². The Labute approximate surface area is 156 Å². The van der Waals surface area contributed by atoms with E-state index in [9.17, 15) is 9.90 Å². The van der Waals surface area contributed by atoms with E-state index in [1.54, 1.807) is 0 Å². The standard InChI is InChI=1S/C20H21NO2S2/c1-2-17(15-7-4-3-5-8-15)19(22)21-14-20(23,16-10-12-24-13-16)18-9-6-11-25-18/h3-13,17,23H,2,14H2,1H3,(H,21,22). The molecule has 0 aliphatic carbocycles. The van der Waals surface area contributed by atoms with Gasteiger partial charge in [-0.05, 0) is 40.3 Å². The molecule has 2 heterocycles. The maximum absolute atomic E-state index is 12.7. The van der Waals surface area contributed by atoms with Gasteiger partial charge in [0.15, 0.2) is 0 Å². The Morgan fingerprint density at radius 3 is 2.56 bits per heavy atom. The van der Waals surface area contributed by atoms with Gasteiger partial charge in [-0.25, -0.2) is 0 Å². The smallest absolute Gasteiger partial charge is 0.227 e. The summed E-state index contributed by atoms with van der Waals surface area (Å²) in [6.07, 6.45) is 0.714. The highest BCUT2D eigenvalue weighted by molar-refractivity contribution is 7.10. The van der Waals surface area contributed by atoms with E-state index < -0.39 is 5.60 Å². The first-order valence-corrected chi connectivity index (χ1v) is 10.1. The maximum Gasteiger partial charge on any atom is 0.227 e. The number of rotatable bonds is 7. The molecule has 0 saturated carbocycles. The topological polar surface area (TPSA) is 49.3 Å². The lowest BCUT2D eigenvalue weighted by Crippen LogP contribution is -2.42. The van der Waals surface area contributed by atoms with Gasteiger partial charge in [-0.2, -0.15) is 11.3 Å². The lowest BCUT2D eigenvalue weighted by molar-refractivity contribution is -0.123. The Bertz CT molecular complexity index is 748. The molecule has 0 aliphatic heterocycles. The Morgan fingerprint density at radius 2 is 1.96 bits per heavy atom. The minimum Gasteiger partial charge on any atom is -0.378 e. The van der Waals surface area contributed by atoms with E-state index in [1.165, 1.54) is 22.7 Å². The van der Waals surface area contributed by atoms with Crippen LogP contribution in [0.15, 0.2) is 64.7 Å². The fourth-order valence-electron chi connectivity index (χ4n) is 2.94. The van der Waals surface area contributed by atoms with Crippen molar-refractivity contribution < 1.29 is 9.90 Å². The Morgan fingerprint density at radius 1 is 1.16 bits per heavy atom. The van der Waals surface area contributed by atoms with Crippen molar-refractivity contribution in [2.24, 2.45) is 0 Å². The summed E-state index contributed by atoms with van der Waals surface area (Å²) in [7, 11) is 0. The average Bonchev–Trinajstić information content (AvgIpc) is 3.35. The van der Waals surface area contributed by atoms with Crippen molar-refractivity contribution in [3.63, 3.8) is 0 Å². The monoisotopic (exact) mass is 371 g/mol. The molecule has 1 aromatic carbocycles. The molecule has 0 saturated heterocycles. The molecule has 0 fully saturated rings. The van der Waals surface area contributed by atoms with Gasteiger partial charge < -0.3 is 10.4 Å². The summed E-state index contributed by atoms with van der Waals surface area (Å²) < 4.78 is 0. The first kappa shape index (κ1) is 17.9. The predicted molar refractivity (Wildman–Crippen MR) is 104 cm³/mol. The zero-order valence-electron chi connectivity index (χ0n) is 14.0. The highest BCUT2D eigenvalue weighted by Gasteiger charge is 2.34. The zero-order valence-corrected chi connectivity index (χ0v) is 15.6. The van der Waals surface area contributed by atoms with Crippen LogP contribution in [0.3, 0.4) is 0 Å². The van der Waals surface area contributed by atoms with E-state index in [-0.39, 0.29) is 18.4 Å². The second-order valence-electron chi connectivity index (χ2n) is 5.94. The van der Waals surface area contributed by atoms with Crippen molar-refractivity contribution >= 4 is 28.6 Å². The second-order valence-corrected chi connectivity index (χ2v) is 7.67. The Hall–Kier alpha value is -1.95. The van der Waals surface area contributed by atoms with Gasteiger partial charge in [0.1, 0.15) is 5.60 Å². The number of carbonyl (C=O) groups is 1. The number of nitrogens with one attached hydrogen (secondary N) is 1. The normalized spacial score (nSPS) is 14.6. The van der Waals surface area contributed by atoms with E-state index in [2.05, 4.69) is 5.32 Å². The molecule has 2 N–H and O–H groups in total. The lowest BCUT2D eigenvalue weighted by atomic mass is 9.92. The van der Waals surface area contributed by atoms with Crippen LogP contribution in [0, 0.1) is 0 Å². The van der Waals surface area contributed by atoms with E-state index >= 15 is 0 Å². The quantitative estimate of drug-likeness (QED) is 0.648. The minimum absolute atomic E-state index is 0.0566. The number of amides is 1. The molecule has 0 radical (unpaired) electrons. The van der Waals surface area contributed by atoms with Crippen molar-refractivity contribution in [2.45, 2.75) is 24.9 Å². The second kappa shape index (κ2) is 7.95. The van der Waals surface area contributed by atoms with Crippen LogP contribution in [0.5, 0.6) is 0 Å². The van der Waals surface area contributed by atoms with Crippen LogP contribution in [-0.4, -0.2) is 17.6 Å². The first-order chi connectivity index (χ1) is 12.1. The molecule has 1 amide bonds. The van der Waals surface area contributed by atoms with Gasteiger partial charge in [-0.15, -0.1) is 11.3 Å². The van der Waals surface area contributed by atoms with Crippen LogP contribution in [0.2, 0.25) is 0 Å². The van der Waals surface area contributed by atoms with E-state index in [1.807, 2.05) is 71.6 Å². The fraction of sp³-hybridized carbons (Fsp3) is 0.250. The van der Waals surface area contributed by atoms with Gasteiger partial charge >= 0.3 is 0 Å². The SMILES string of the molecule is CCC(C(=O)NCC(O)(c1ccsc1)c1cccs1)c1ccccc1. The van der Waals surface area contributed by atoms with Gasteiger partial charge in [0.25, 0.3) is 0 Å². The molecule has 0 spiro atoms. The van der Waals surface area contributed by atoms with Gasteiger partial charge in [0.05, 0.1) is 12.5 Å². The van der Waals surface area contributed by atoms with Crippen LogP contribution in [0.25, 0.3) is 0 Å². The molecule has 0 bridgehead atoms. The molecule has 2 unspecified atom stereocenters. The summed E-state index contributed by atoms with van der Waals surface area (Å²) in [5.74, 6) is -0.268. The summed E-state index contributed by atoms with van der Waals surface area (Å²) in [5, 5.41) is 20.1. The molecular weight excluding hydrogens is 350 g/mol. The third-order valence-corrected chi connectivity index (χ3v) is 6.08. The summed E-state index contributed by atoms with van der Waals surface area (Å²) >= 11 is 3.03. The fourth-order valence-corrected chi connectivity index (χ4v) is 4.51. The van der Waals surface area contributed by atoms with Crippen molar-refractivity contribution in [2.75, 3.05) is 6.54 Å². The largest absolute Gasteiger partial charge is 0.378 e. The number of aliphatic hydroxyl groups is 1. The van der Waals surface area contributed by atoms with Crippen molar-refractivity contribution in [1.29, 1.82) is 0 Å². The molecule has 25 heavy (non-hydrogen) atoms. The number of benzene rings is 1. The summed E-state index contributed by atoms with van der Waals surface area (Å²) in [4.78, 5) is 13.6. The lowest BCUT2D eigenvalue weighted by Gasteiger charge is -2.28. The molecular formula is C20H21NO2S2. The molecule has 3 nitrogen and oxygen atoms in total. The zero-order chi connectivity index (χ0) is 17.7. The van der Waals surface area contributed by atoms with Crippen molar-refractivity contribution in [3.05, 3.63) is 80.7 Å². The Balaban J connectivity index is 1.79. The highest BCUT2D eigenvalue weighted by Crippen LogP contribution is 2.33. The van der Waals surface area contributed by atoms with Crippen LogP contribution in [0.1, 0.15) is 35.3 Å². The average molecular weight is 372 g/mol. The molecule has 5 heteroatoms. The summed E-state index contributed by atoms with van der Waals surface area (Å²) in [5.41, 5.74) is 0.615. The van der Waals surface area contributed by atoms with Gasteiger partial charge in [-0.3, -0.25) is 4.79 Å². The Kier molecular flexibility index (Phi) is 5.68. The number of thiophene rings is 2. The van der Waals surface area contributed by atoms with Crippen LogP contribution >= 0.6 is 22.7 Å². The number of hydrogen-bond donors (Lipinski definition) is 2. The maximum atomic E-state index is 12.7. The molecule has 3 aromatic rings. The number of hydrogen-bond acceptors (Lipinski definition) is 4. The van der Waals surface area contributed by atoms with Crippen molar-refractivity contribution in [3.8, 4) is 0 Å². The summed E-state index contributed by atoms with van der Waals surface area (Å²) in [6.45, 7) is 2.16. The van der Waals surface area contributed by atoms with Gasteiger partial charge in [-0.1, -0.05) is 43.3 Å². The molecule has 2 aromatic heterocycles. The molecule has 3 rings (SSSR count). The van der Waals surface area contributed by atoms with E-state index in [0.29, 0.717) is 6.42 Å². The molecule has 2 atom stereocenters. The van der Waals surface area contributed by atoms with Crippen LogP contribution < -0.4 is 5.32 Å². The third kappa shape index (κ3) is 3.84. The van der Waals surface area contributed by atoms with Crippen LogP contribution in [-0.2, 0) is 10.4 Å². The molecule has 0 aliphatic rings. The van der Waals surface area contributed by atoms with E-state index in [4.69, 9.17) is 0 Å². The molecule has 130 valence electrons. The predicted octanol–water partition coefficient (Wildman–Crippen LogP) is 4.36. The van der Waals surface area contributed by atoms with Crippen molar-refractivity contribution in [1.82, 2.24) is 5.32 Å². The van der Waals surface area contributed by atoms with Gasteiger partial charge in [0.2, 0.25) is 5.91 Å². The minimum atomic E-state index is -1.20. The first-order valence-electron chi connectivity index (χ1n) is 8.27. The number of carbonyl (C=O) groups excluding carboxylic acids is 1. The highest BCUT2D eigenvalue weighted by atomic mass is 32.1.